The Morgan fingerprint density at radius 1 is 1.33 bits per heavy atom. The number of methoxy groups -OCH3 is 1. The van der Waals surface area contributed by atoms with E-state index in [-0.39, 0.29) is 5.75 Å². The van der Waals surface area contributed by atoms with E-state index in [4.69, 9.17) is 4.74 Å². The van der Waals surface area contributed by atoms with Crippen LogP contribution in [0.25, 0.3) is 0 Å². The van der Waals surface area contributed by atoms with Gasteiger partial charge in [-0.1, -0.05) is 0 Å². The molecule has 0 saturated carbocycles. The van der Waals surface area contributed by atoms with Crippen LogP contribution in [-0.2, 0) is 9.53 Å². The molecule has 3 nitrogen and oxygen atoms in total. The zero-order chi connectivity index (χ0) is 11.4. The fourth-order valence-corrected chi connectivity index (χ4v) is 0.968. The molecule has 0 heterocycles. The zero-order valence-corrected chi connectivity index (χ0v) is 8.29. The molecule has 0 bridgehead atoms. The second kappa shape index (κ2) is 4.72. The fraction of sp³-hybridized carbons (Fsp3) is 0.300. The molecule has 0 spiro atoms. The largest absolute Gasteiger partial charge is 0.479 e. The molecule has 0 fully saturated rings. The topological polar surface area (TPSA) is 35.5 Å². The first-order valence-electron chi connectivity index (χ1n) is 4.24. The minimum Gasteiger partial charge on any atom is -0.479 e. The Balaban J connectivity index is 2.73. The minimum atomic E-state index is -1.02. The summed E-state index contributed by atoms with van der Waals surface area (Å²) in [7, 11) is 1.22. The van der Waals surface area contributed by atoms with Crippen LogP contribution in [0.4, 0.5) is 8.78 Å². The monoisotopic (exact) mass is 216 g/mol. The van der Waals surface area contributed by atoms with Crippen molar-refractivity contribution in [2.45, 2.75) is 13.0 Å². The highest BCUT2D eigenvalue weighted by molar-refractivity contribution is 5.74. The van der Waals surface area contributed by atoms with Gasteiger partial charge < -0.3 is 9.47 Å². The van der Waals surface area contributed by atoms with E-state index in [0.29, 0.717) is 0 Å². The van der Waals surface area contributed by atoms with E-state index in [1.165, 1.54) is 20.1 Å². The third-order valence-corrected chi connectivity index (χ3v) is 1.74. The molecule has 1 rings (SSSR count). The van der Waals surface area contributed by atoms with Crippen LogP contribution >= 0.6 is 0 Å². The van der Waals surface area contributed by atoms with Crippen molar-refractivity contribution in [2.75, 3.05) is 7.11 Å². The van der Waals surface area contributed by atoms with Crippen molar-refractivity contribution < 1.29 is 23.0 Å². The molecule has 5 heteroatoms. The average molecular weight is 216 g/mol. The predicted octanol–water partition coefficient (Wildman–Crippen LogP) is 1.91. The predicted molar refractivity (Wildman–Crippen MR) is 48.5 cm³/mol. The number of halogens is 2. The van der Waals surface area contributed by atoms with Crippen LogP contribution in [0.2, 0.25) is 0 Å². The van der Waals surface area contributed by atoms with E-state index in [0.717, 1.165) is 12.1 Å². The van der Waals surface area contributed by atoms with E-state index >= 15 is 0 Å². The molecule has 0 aliphatic carbocycles. The summed E-state index contributed by atoms with van der Waals surface area (Å²) in [6.07, 6.45) is -0.861. The van der Waals surface area contributed by atoms with Crippen LogP contribution in [0.3, 0.4) is 0 Å². The van der Waals surface area contributed by atoms with Gasteiger partial charge in [-0.15, -0.1) is 0 Å². The first-order chi connectivity index (χ1) is 7.04. The summed E-state index contributed by atoms with van der Waals surface area (Å²) < 4.78 is 34.7. The van der Waals surface area contributed by atoms with Crippen LogP contribution in [-0.4, -0.2) is 19.2 Å². The molecule has 0 aliphatic heterocycles. The summed E-state index contributed by atoms with van der Waals surface area (Å²) in [6.45, 7) is 1.45. The lowest BCUT2D eigenvalue weighted by atomic mass is 10.3. The molecule has 15 heavy (non-hydrogen) atoms. The molecule has 0 saturated heterocycles. The Labute approximate surface area is 85.6 Å². The van der Waals surface area contributed by atoms with E-state index in [2.05, 4.69) is 4.74 Å². The summed E-state index contributed by atoms with van der Waals surface area (Å²) in [5.74, 6) is -2.50. The number of benzene rings is 1. The van der Waals surface area contributed by atoms with Gasteiger partial charge in [-0.25, -0.2) is 13.6 Å². The Kier molecular flexibility index (Phi) is 3.60. The molecule has 0 N–H and O–H groups in total. The summed E-state index contributed by atoms with van der Waals surface area (Å²) in [5.41, 5.74) is 0. The van der Waals surface area contributed by atoms with Gasteiger partial charge in [0.05, 0.1) is 7.11 Å². The molecule has 1 atom stereocenters. The van der Waals surface area contributed by atoms with Gasteiger partial charge in [0, 0.05) is 6.07 Å². The Morgan fingerprint density at radius 3 is 2.53 bits per heavy atom. The van der Waals surface area contributed by atoms with Crippen molar-refractivity contribution in [3.63, 3.8) is 0 Å². The van der Waals surface area contributed by atoms with Gasteiger partial charge in [0.25, 0.3) is 0 Å². The first-order valence-corrected chi connectivity index (χ1v) is 4.24. The first kappa shape index (κ1) is 11.4. The molecule has 1 aromatic carbocycles. The second-order valence-corrected chi connectivity index (χ2v) is 2.86. The van der Waals surface area contributed by atoms with E-state index < -0.39 is 23.7 Å². The van der Waals surface area contributed by atoms with E-state index in [1.807, 2.05) is 0 Å². The molecular formula is C10H10F2O3. The summed E-state index contributed by atoms with van der Waals surface area (Å²) in [6, 6.07) is 3.03. The van der Waals surface area contributed by atoms with Gasteiger partial charge >= 0.3 is 5.97 Å². The number of carbonyl (C=O) groups is 1. The molecule has 0 aromatic heterocycles. The van der Waals surface area contributed by atoms with Gasteiger partial charge in [-0.3, -0.25) is 0 Å². The molecule has 82 valence electrons. The molecule has 0 unspecified atom stereocenters. The molecule has 1 aromatic rings. The van der Waals surface area contributed by atoms with Gasteiger partial charge in [0.2, 0.25) is 0 Å². The fourth-order valence-electron chi connectivity index (χ4n) is 0.968. The highest BCUT2D eigenvalue weighted by atomic mass is 19.2. The van der Waals surface area contributed by atoms with Crippen molar-refractivity contribution in [1.29, 1.82) is 0 Å². The van der Waals surface area contributed by atoms with Crippen molar-refractivity contribution >= 4 is 5.97 Å². The third-order valence-electron chi connectivity index (χ3n) is 1.74. The van der Waals surface area contributed by atoms with Gasteiger partial charge in [-0.2, -0.15) is 0 Å². The van der Waals surface area contributed by atoms with Crippen molar-refractivity contribution in [2.24, 2.45) is 0 Å². The van der Waals surface area contributed by atoms with Crippen molar-refractivity contribution in [3.05, 3.63) is 29.8 Å². The number of rotatable bonds is 3. The lowest BCUT2D eigenvalue weighted by Crippen LogP contribution is -2.24. The standard InChI is InChI=1S/C10H10F2O3/c1-6(10(13)14-2)15-7-3-4-8(11)9(12)5-7/h3-6H,1-2H3/t6-/m0/s1. The Hall–Kier alpha value is -1.65. The van der Waals surface area contributed by atoms with Crippen molar-refractivity contribution in [1.82, 2.24) is 0 Å². The second-order valence-electron chi connectivity index (χ2n) is 2.86. The normalized spacial score (nSPS) is 12.0. The van der Waals surface area contributed by atoms with Crippen LogP contribution < -0.4 is 4.74 Å². The quantitative estimate of drug-likeness (QED) is 0.724. The molecule has 0 amide bonds. The average Bonchev–Trinajstić information content (AvgIpc) is 2.22. The molecule has 0 radical (unpaired) electrons. The van der Waals surface area contributed by atoms with Gasteiger partial charge in [0.1, 0.15) is 5.75 Å². The SMILES string of the molecule is COC(=O)[C@H](C)Oc1ccc(F)c(F)c1. The van der Waals surface area contributed by atoms with Crippen LogP contribution in [0.5, 0.6) is 5.75 Å². The highest BCUT2D eigenvalue weighted by Crippen LogP contribution is 2.16. The number of hydrogen-bond acceptors (Lipinski definition) is 3. The maximum Gasteiger partial charge on any atom is 0.346 e. The summed E-state index contributed by atoms with van der Waals surface area (Å²) in [4.78, 5) is 11.0. The van der Waals surface area contributed by atoms with E-state index in [9.17, 15) is 13.6 Å². The summed E-state index contributed by atoms with van der Waals surface area (Å²) >= 11 is 0. The molecular weight excluding hydrogens is 206 g/mol. The van der Waals surface area contributed by atoms with Crippen LogP contribution in [0.15, 0.2) is 18.2 Å². The van der Waals surface area contributed by atoms with E-state index in [1.54, 1.807) is 0 Å². The number of ether oxygens (including phenoxy) is 2. The van der Waals surface area contributed by atoms with Gasteiger partial charge in [0.15, 0.2) is 17.7 Å². The van der Waals surface area contributed by atoms with Crippen molar-refractivity contribution in [3.8, 4) is 5.75 Å². The zero-order valence-electron chi connectivity index (χ0n) is 8.29. The smallest absolute Gasteiger partial charge is 0.346 e. The van der Waals surface area contributed by atoms with Crippen LogP contribution in [0, 0.1) is 11.6 Å². The maximum atomic E-state index is 12.7. The third kappa shape index (κ3) is 2.90. The Bertz CT molecular complexity index is 366. The van der Waals surface area contributed by atoms with Gasteiger partial charge in [-0.05, 0) is 19.1 Å². The highest BCUT2D eigenvalue weighted by Gasteiger charge is 2.15. The lowest BCUT2D eigenvalue weighted by Gasteiger charge is -2.12. The Morgan fingerprint density at radius 2 is 2.00 bits per heavy atom. The number of esters is 1. The summed E-state index contributed by atoms with van der Waals surface area (Å²) in [5, 5.41) is 0. The number of hydrogen-bond donors (Lipinski definition) is 0. The maximum absolute atomic E-state index is 12.7. The molecule has 0 aliphatic rings. The van der Waals surface area contributed by atoms with Crippen LogP contribution in [0.1, 0.15) is 6.92 Å². The number of carbonyl (C=O) groups excluding carboxylic acids is 1. The minimum absolute atomic E-state index is 0.0757. The lowest BCUT2D eigenvalue weighted by molar-refractivity contribution is -0.147.